The second-order valence-corrected chi connectivity index (χ2v) is 4.07. The van der Waals surface area contributed by atoms with Crippen molar-refractivity contribution in [2.75, 3.05) is 14.2 Å². The molecule has 16 heavy (non-hydrogen) atoms. The Morgan fingerprint density at radius 3 is 2.62 bits per heavy atom. The van der Waals surface area contributed by atoms with Gasteiger partial charge in [-0.05, 0) is 13.3 Å². The van der Waals surface area contributed by atoms with Crippen LogP contribution in [0.1, 0.15) is 32.0 Å². The lowest BCUT2D eigenvalue weighted by atomic mass is 9.91. The van der Waals surface area contributed by atoms with E-state index in [2.05, 4.69) is 5.10 Å². The summed E-state index contributed by atoms with van der Waals surface area (Å²) in [5, 5.41) is 4.15. The summed E-state index contributed by atoms with van der Waals surface area (Å²) in [5.74, 6) is 0.701. The molecule has 0 aliphatic rings. The van der Waals surface area contributed by atoms with Crippen molar-refractivity contribution in [3.05, 3.63) is 11.9 Å². The maximum atomic E-state index is 6.25. The lowest BCUT2D eigenvalue weighted by Crippen LogP contribution is -2.40. The van der Waals surface area contributed by atoms with Gasteiger partial charge in [0.2, 0.25) is 0 Å². The Labute approximate surface area is 96.5 Å². The predicted molar refractivity (Wildman–Crippen MR) is 62.4 cm³/mol. The molecule has 5 heteroatoms. The Balaban J connectivity index is 3.12. The Bertz CT molecular complexity index is 345. The van der Waals surface area contributed by atoms with Crippen molar-refractivity contribution < 1.29 is 9.47 Å². The van der Waals surface area contributed by atoms with E-state index in [1.807, 2.05) is 20.9 Å². The van der Waals surface area contributed by atoms with Gasteiger partial charge in [0, 0.05) is 14.2 Å². The van der Waals surface area contributed by atoms with Gasteiger partial charge < -0.3 is 15.2 Å². The number of aryl methyl sites for hydroxylation is 1. The van der Waals surface area contributed by atoms with Crippen LogP contribution in [0.25, 0.3) is 0 Å². The molecule has 1 rings (SSSR count). The minimum Gasteiger partial charge on any atom is -0.493 e. The molecule has 0 radical (unpaired) electrons. The number of methoxy groups -OCH3 is 2. The molecule has 2 unspecified atom stereocenters. The first-order chi connectivity index (χ1) is 7.50. The first-order valence-corrected chi connectivity index (χ1v) is 5.36. The van der Waals surface area contributed by atoms with Crippen molar-refractivity contribution in [2.45, 2.75) is 31.9 Å². The number of ether oxygens (including phenoxy) is 2. The first-order valence-electron chi connectivity index (χ1n) is 5.36. The summed E-state index contributed by atoms with van der Waals surface area (Å²) in [6.45, 7) is 4.04. The summed E-state index contributed by atoms with van der Waals surface area (Å²) in [6.07, 6.45) is 2.49. The van der Waals surface area contributed by atoms with Crippen LogP contribution in [0.15, 0.2) is 6.20 Å². The quantitative estimate of drug-likeness (QED) is 0.822. The SMILES string of the molecule is CCC(C)(OC)C(N)c1c(OC)cnn1C. The van der Waals surface area contributed by atoms with Gasteiger partial charge in [-0.3, -0.25) is 4.68 Å². The third-order valence-corrected chi connectivity index (χ3v) is 3.29. The highest BCUT2D eigenvalue weighted by Crippen LogP contribution is 2.33. The molecule has 2 atom stereocenters. The Hall–Kier alpha value is -1.07. The van der Waals surface area contributed by atoms with Crippen LogP contribution in [-0.4, -0.2) is 29.6 Å². The molecule has 0 amide bonds. The summed E-state index contributed by atoms with van der Waals surface area (Å²) >= 11 is 0. The van der Waals surface area contributed by atoms with Gasteiger partial charge in [0.25, 0.3) is 0 Å². The molecular formula is C11H21N3O2. The first kappa shape index (κ1) is 13.0. The maximum Gasteiger partial charge on any atom is 0.161 e. The van der Waals surface area contributed by atoms with Gasteiger partial charge in [-0.15, -0.1) is 0 Å². The largest absolute Gasteiger partial charge is 0.493 e. The normalized spacial score (nSPS) is 16.9. The van der Waals surface area contributed by atoms with Gasteiger partial charge in [0.1, 0.15) is 0 Å². The molecule has 5 nitrogen and oxygen atoms in total. The highest BCUT2D eigenvalue weighted by atomic mass is 16.5. The van der Waals surface area contributed by atoms with Crippen molar-refractivity contribution in [3.8, 4) is 5.75 Å². The molecule has 0 aliphatic carbocycles. The topological polar surface area (TPSA) is 62.3 Å². The molecule has 0 aromatic carbocycles. The van der Waals surface area contributed by atoms with E-state index in [9.17, 15) is 0 Å². The number of aromatic nitrogens is 2. The zero-order valence-corrected chi connectivity index (χ0v) is 10.7. The lowest BCUT2D eigenvalue weighted by Gasteiger charge is -2.33. The van der Waals surface area contributed by atoms with Crippen LogP contribution in [0.3, 0.4) is 0 Å². The summed E-state index contributed by atoms with van der Waals surface area (Å²) in [6, 6.07) is -0.273. The van der Waals surface area contributed by atoms with Gasteiger partial charge in [-0.25, -0.2) is 0 Å². The Morgan fingerprint density at radius 1 is 1.56 bits per heavy atom. The minimum absolute atomic E-state index is 0.273. The van der Waals surface area contributed by atoms with Crippen molar-refractivity contribution in [3.63, 3.8) is 0 Å². The van der Waals surface area contributed by atoms with Gasteiger partial charge in [-0.1, -0.05) is 6.92 Å². The summed E-state index contributed by atoms with van der Waals surface area (Å²) in [5.41, 5.74) is 6.69. The molecule has 1 aromatic heterocycles. The van der Waals surface area contributed by atoms with Gasteiger partial charge in [0.05, 0.1) is 30.6 Å². The van der Waals surface area contributed by atoms with Gasteiger partial charge in [0.15, 0.2) is 5.75 Å². The van der Waals surface area contributed by atoms with E-state index in [0.717, 1.165) is 12.1 Å². The van der Waals surface area contributed by atoms with Crippen LogP contribution in [-0.2, 0) is 11.8 Å². The highest BCUT2D eigenvalue weighted by Gasteiger charge is 2.34. The molecule has 0 aliphatic heterocycles. The fourth-order valence-electron chi connectivity index (χ4n) is 1.72. The van der Waals surface area contributed by atoms with E-state index in [1.165, 1.54) is 0 Å². The zero-order valence-electron chi connectivity index (χ0n) is 10.7. The highest BCUT2D eigenvalue weighted by molar-refractivity contribution is 5.29. The molecule has 1 heterocycles. The maximum absolute atomic E-state index is 6.25. The van der Waals surface area contributed by atoms with Gasteiger partial charge >= 0.3 is 0 Å². The summed E-state index contributed by atoms with van der Waals surface area (Å²) < 4.78 is 12.5. The Kier molecular flexibility index (Phi) is 3.93. The number of nitrogens with two attached hydrogens (primary N) is 1. The molecule has 0 fully saturated rings. The van der Waals surface area contributed by atoms with Crippen LogP contribution < -0.4 is 10.5 Å². The minimum atomic E-state index is -0.416. The second-order valence-electron chi connectivity index (χ2n) is 4.07. The van der Waals surface area contributed by atoms with Crippen molar-refractivity contribution in [1.29, 1.82) is 0 Å². The standard InChI is InChI=1S/C11H21N3O2/c1-6-11(2,16-5)10(12)9-8(15-4)7-13-14(9)3/h7,10H,6,12H2,1-5H3. The number of nitrogens with zero attached hydrogens (tertiary/aromatic N) is 2. The fraction of sp³-hybridized carbons (Fsp3) is 0.727. The molecule has 2 N–H and O–H groups in total. The third-order valence-electron chi connectivity index (χ3n) is 3.29. The van der Waals surface area contributed by atoms with E-state index < -0.39 is 5.60 Å². The fourth-order valence-corrected chi connectivity index (χ4v) is 1.72. The van der Waals surface area contributed by atoms with Crippen molar-refractivity contribution >= 4 is 0 Å². The third kappa shape index (κ3) is 2.05. The average Bonchev–Trinajstić information content (AvgIpc) is 2.68. The molecular weight excluding hydrogens is 206 g/mol. The zero-order chi connectivity index (χ0) is 12.3. The van der Waals surface area contributed by atoms with Crippen molar-refractivity contribution in [1.82, 2.24) is 9.78 Å². The van der Waals surface area contributed by atoms with Crippen LogP contribution in [0.4, 0.5) is 0 Å². The summed E-state index contributed by atoms with van der Waals surface area (Å²) in [4.78, 5) is 0. The predicted octanol–water partition coefficient (Wildman–Crippen LogP) is 1.24. The van der Waals surface area contributed by atoms with E-state index in [1.54, 1.807) is 25.1 Å². The second kappa shape index (κ2) is 4.84. The molecule has 92 valence electrons. The van der Waals surface area contributed by atoms with Crippen LogP contribution >= 0.6 is 0 Å². The smallest absolute Gasteiger partial charge is 0.161 e. The van der Waals surface area contributed by atoms with E-state index in [0.29, 0.717) is 5.75 Å². The van der Waals surface area contributed by atoms with Crippen LogP contribution in [0.5, 0.6) is 5.75 Å². The van der Waals surface area contributed by atoms with Crippen LogP contribution in [0, 0.1) is 0 Å². The molecule has 0 bridgehead atoms. The van der Waals surface area contributed by atoms with Gasteiger partial charge in [-0.2, -0.15) is 5.10 Å². The lowest BCUT2D eigenvalue weighted by molar-refractivity contribution is -0.0218. The van der Waals surface area contributed by atoms with Crippen molar-refractivity contribution in [2.24, 2.45) is 12.8 Å². The monoisotopic (exact) mass is 227 g/mol. The Morgan fingerprint density at radius 2 is 2.19 bits per heavy atom. The number of hydrogen-bond donors (Lipinski definition) is 1. The molecule has 0 saturated heterocycles. The van der Waals surface area contributed by atoms with E-state index in [4.69, 9.17) is 15.2 Å². The number of rotatable bonds is 5. The van der Waals surface area contributed by atoms with Crippen LogP contribution in [0.2, 0.25) is 0 Å². The summed E-state index contributed by atoms with van der Waals surface area (Å²) in [7, 11) is 5.14. The van der Waals surface area contributed by atoms with E-state index in [-0.39, 0.29) is 6.04 Å². The molecule has 1 aromatic rings. The molecule has 0 saturated carbocycles. The average molecular weight is 227 g/mol. The molecule has 0 spiro atoms. The van der Waals surface area contributed by atoms with E-state index >= 15 is 0 Å². The number of hydrogen-bond acceptors (Lipinski definition) is 4.